The van der Waals surface area contributed by atoms with E-state index in [-0.39, 0.29) is 0 Å². The topological polar surface area (TPSA) is 47.1 Å². The van der Waals surface area contributed by atoms with Gasteiger partial charge in [0.1, 0.15) is 5.01 Å². The van der Waals surface area contributed by atoms with Crippen molar-refractivity contribution in [1.82, 2.24) is 14.8 Å². The highest BCUT2D eigenvalue weighted by Crippen LogP contribution is 2.37. The summed E-state index contributed by atoms with van der Waals surface area (Å²) in [6.45, 7) is 7.45. The van der Waals surface area contributed by atoms with Gasteiger partial charge in [0.05, 0.1) is 18.9 Å². The third-order valence-electron chi connectivity index (χ3n) is 5.86. The smallest absolute Gasteiger partial charge is 0.231 e. The molecule has 2 saturated heterocycles. The number of nitrogens with zero attached hydrogens (tertiary/aromatic N) is 3. The number of hydrogen-bond acceptors (Lipinski definition) is 7. The number of ether oxygens (including phenoxy) is 3. The van der Waals surface area contributed by atoms with E-state index < -0.39 is 0 Å². The zero-order valence-corrected chi connectivity index (χ0v) is 17.0. The maximum absolute atomic E-state index is 5.51. The summed E-state index contributed by atoms with van der Waals surface area (Å²) in [5.41, 5.74) is 2.27. The van der Waals surface area contributed by atoms with Gasteiger partial charge in [0.15, 0.2) is 11.5 Å². The van der Waals surface area contributed by atoms with Gasteiger partial charge in [-0.3, -0.25) is 9.80 Å². The van der Waals surface area contributed by atoms with Gasteiger partial charge in [0.25, 0.3) is 0 Å². The Morgan fingerprint density at radius 2 is 1.96 bits per heavy atom. The fraction of sp³-hybridized carbons (Fsp3) is 0.571. The summed E-state index contributed by atoms with van der Waals surface area (Å²) in [5, 5.41) is 3.26. The number of morpholine rings is 1. The Labute approximate surface area is 170 Å². The molecule has 5 rings (SSSR count). The SMILES string of the molecule is c1cc2c(cc1-c1nc(CN3CCCCC3CN3CCOCC3)cs1)OCO2. The first kappa shape index (κ1) is 18.4. The highest BCUT2D eigenvalue weighted by atomic mass is 32.1. The van der Waals surface area contributed by atoms with Gasteiger partial charge < -0.3 is 14.2 Å². The van der Waals surface area contributed by atoms with Crippen molar-refractivity contribution in [2.24, 2.45) is 0 Å². The molecule has 1 unspecified atom stereocenters. The minimum atomic E-state index is 0.307. The van der Waals surface area contributed by atoms with Crippen LogP contribution in [0, 0.1) is 0 Å². The van der Waals surface area contributed by atoms with E-state index in [1.54, 1.807) is 11.3 Å². The fourth-order valence-corrected chi connectivity index (χ4v) is 5.11. The zero-order chi connectivity index (χ0) is 18.8. The highest BCUT2D eigenvalue weighted by molar-refractivity contribution is 7.13. The van der Waals surface area contributed by atoms with Crippen LogP contribution >= 0.6 is 11.3 Å². The van der Waals surface area contributed by atoms with Crippen molar-refractivity contribution in [3.05, 3.63) is 29.3 Å². The Balaban J connectivity index is 1.26. The first-order valence-corrected chi connectivity index (χ1v) is 11.1. The molecular formula is C21H27N3O3S. The third-order valence-corrected chi connectivity index (χ3v) is 6.80. The molecule has 0 bridgehead atoms. The quantitative estimate of drug-likeness (QED) is 0.767. The number of rotatable bonds is 5. The lowest BCUT2D eigenvalue weighted by Crippen LogP contribution is -2.49. The van der Waals surface area contributed by atoms with Gasteiger partial charge in [0.2, 0.25) is 6.79 Å². The van der Waals surface area contributed by atoms with Gasteiger partial charge in [-0.1, -0.05) is 6.42 Å². The lowest BCUT2D eigenvalue weighted by Gasteiger charge is -2.39. The average Bonchev–Trinajstić information content (AvgIpc) is 3.39. The monoisotopic (exact) mass is 401 g/mol. The summed E-state index contributed by atoms with van der Waals surface area (Å²) >= 11 is 1.71. The van der Waals surface area contributed by atoms with Crippen LogP contribution in [0.3, 0.4) is 0 Å². The van der Waals surface area contributed by atoms with Crippen molar-refractivity contribution in [2.45, 2.75) is 31.8 Å². The van der Waals surface area contributed by atoms with Crippen LogP contribution in [0.15, 0.2) is 23.6 Å². The molecule has 0 aliphatic carbocycles. The van der Waals surface area contributed by atoms with Crippen LogP contribution in [-0.2, 0) is 11.3 Å². The van der Waals surface area contributed by atoms with E-state index in [0.717, 1.165) is 61.5 Å². The van der Waals surface area contributed by atoms with Crippen LogP contribution in [0.25, 0.3) is 10.6 Å². The van der Waals surface area contributed by atoms with Crippen LogP contribution in [0.4, 0.5) is 0 Å². The lowest BCUT2D eigenvalue weighted by atomic mass is 10.0. The second kappa shape index (κ2) is 8.37. The second-order valence-electron chi connectivity index (χ2n) is 7.75. The number of benzene rings is 1. The molecular weight excluding hydrogens is 374 g/mol. The number of hydrogen-bond donors (Lipinski definition) is 0. The molecule has 2 aromatic rings. The summed E-state index contributed by atoms with van der Waals surface area (Å²) < 4.78 is 16.4. The van der Waals surface area contributed by atoms with Gasteiger partial charge in [-0.05, 0) is 37.6 Å². The van der Waals surface area contributed by atoms with Crippen molar-refractivity contribution in [2.75, 3.05) is 46.2 Å². The van der Waals surface area contributed by atoms with Gasteiger partial charge >= 0.3 is 0 Å². The van der Waals surface area contributed by atoms with Gasteiger partial charge in [-0.2, -0.15) is 0 Å². The van der Waals surface area contributed by atoms with Crippen molar-refractivity contribution in [1.29, 1.82) is 0 Å². The van der Waals surface area contributed by atoms with Crippen molar-refractivity contribution >= 4 is 11.3 Å². The highest BCUT2D eigenvalue weighted by Gasteiger charge is 2.26. The molecule has 1 aromatic carbocycles. The molecule has 0 saturated carbocycles. The van der Waals surface area contributed by atoms with Gasteiger partial charge in [-0.15, -0.1) is 11.3 Å². The number of likely N-dealkylation sites (tertiary alicyclic amines) is 1. The minimum Gasteiger partial charge on any atom is -0.454 e. The first-order chi connectivity index (χ1) is 13.8. The molecule has 3 aliphatic heterocycles. The van der Waals surface area contributed by atoms with Crippen LogP contribution in [0.2, 0.25) is 0 Å². The summed E-state index contributed by atoms with van der Waals surface area (Å²) in [4.78, 5) is 10.1. The van der Waals surface area contributed by atoms with E-state index in [1.165, 1.54) is 31.5 Å². The Morgan fingerprint density at radius 1 is 1.07 bits per heavy atom. The van der Waals surface area contributed by atoms with Crippen LogP contribution < -0.4 is 9.47 Å². The predicted molar refractivity (Wildman–Crippen MR) is 109 cm³/mol. The Hall–Kier alpha value is -1.67. The maximum Gasteiger partial charge on any atom is 0.231 e. The van der Waals surface area contributed by atoms with Gasteiger partial charge in [0, 0.05) is 43.2 Å². The summed E-state index contributed by atoms with van der Waals surface area (Å²) in [6, 6.07) is 6.70. The third kappa shape index (κ3) is 4.03. The molecule has 1 atom stereocenters. The zero-order valence-electron chi connectivity index (χ0n) is 16.1. The number of fused-ring (bicyclic) bond motifs is 1. The minimum absolute atomic E-state index is 0.307. The standard InChI is InChI=1S/C21H27N3O3S/c1-2-6-24(18(3-1)13-23-7-9-25-10-8-23)12-17-14-28-21(22-17)16-4-5-19-20(11-16)27-15-26-19/h4-5,11,14,18H,1-3,6-10,12-13,15H2. The van der Waals surface area contributed by atoms with Gasteiger partial charge in [-0.25, -0.2) is 4.98 Å². The average molecular weight is 402 g/mol. The Kier molecular flexibility index (Phi) is 5.49. The molecule has 4 heterocycles. The maximum atomic E-state index is 5.51. The van der Waals surface area contributed by atoms with E-state index in [2.05, 4.69) is 21.2 Å². The Bertz CT molecular complexity index is 806. The predicted octanol–water partition coefficient (Wildman–Crippen LogP) is 3.23. The van der Waals surface area contributed by atoms with E-state index in [0.29, 0.717) is 12.8 Å². The molecule has 150 valence electrons. The second-order valence-corrected chi connectivity index (χ2v) is 8.60. The van der Waals surface area contributed by atoms with Crippen molar-refractivity contribution < 1.29 is 14.2 Å². The number of thiazole rings is 1. The molecule has 7 heteroatoms. The molecule has 3 aliphatic rings. The number of aromatic nitrogens is 1. The number of piperidine rings is 1. The van der Waals surface area contributed by atoms with E-state index in [1.807, 2.05) is 12.1 Å². The fourth-order valence-electron chi connectivity index (χ4n) is 4.31. The van der Waals surface area contributed by atoms with Crippen LogP contribution in [0.1, 0.15) is 25.0 Å². The van der Waals surface area contributed by atoms with Crippen LogP contribution in [0.5, 0.6) is 11.5 Å². The molecule has 1 aromatic heterocycles. The first-order valence-electron chi connectivity index (χ1n) is 10.2. The van der Waals surface area contributed by atoms with E-state index in [9.17, 15) is 0 Å². The van der Waals surface area contributed by atoms with Crippen molar-refractivity contribution in [3.63, 3.8) is 0 Å². The summed E-state index contributed by atoms with van der Waals surface area (Å²) in [6.07, 6.45) is 3.92. The molecule has 0 N–H and O–H groups in total. The molecule has 2 fully saturated rings. The largest absolute Gasteiger partial charge is 0.454 e. The van der Waals surface area contributed by atoms with E-state index in [4.69, 9.17) is 19.2 Å². The van der Waals surface area contributed by atoms with Crippen LogP contribution in [-0.4, -0.2) is 67.0 Å². The molecule has 0 amide bonds. The molecule has 6 nitrogen and oxygen atoms in total. The normalized spacial score (nSPS) is 23.2. The summed E-state index contributed by atoms with van der Waals surface area (Å²) in [7, 11) is 0. The molecule has 0 spiro atoms. The molecule has 28 heavy (non-hydrogen) atoms. The molecule has 0 radical (unpaired) electrons. The lowest BCUT2D eigenvalue weighted by molar-refractivity contribution is 0.0151. The summed E-state index contributed by atoms with van der Waals surface area (Å²) in [5.74, 6) is 1.63. The Morgan fingerprint density at radius 3 is 2.89 bits per heavy atom. The van der Waals surface area contributed by atoms with Crippen molar-refractivity contribution in [3.8, 4) is 22.1 Å². The van der Waals surface area contributed by atoms with E-state index >= 15 is 0 Å².